The molecular formula is C21H22N4O2. The summed E-state index contributed by atoms with van der Waals surface area (Å²) >= 11 is 0. The van der Waals surface area contributed by atoms with Crippen LogP contribution in [0.3, 0.4) is 0 Å². The van der Waals surface area contributed by atoms with Gasteiger partial charge in [0.25, 0.3) is 5.91 Å². The molecule has 0 atom stereocenters. The first-order valence-corrected chi connectivity index (χ1v) is 8.73. The van der Waals surface area contributed by atoms with Gasteiger partial charge in [-0.15, -0.1) is 0 Å². The molecule has 27 heavy (non-hydrogen) atoms. The van der Waals surface area contributed by atoms with Gasteiger partial charge in [0.2, 0.25) is 0 Å². The number of aryl methyl sites for hydroxylation is 1. The second kappa shape index (κ2) is 8.31. The van der Waals surface area contributed by atoms with Crippen LogP contribution in [-0.4, -0.2) is 22.0 Å². The number of ether oxygens (including phenoxy) is 1. The van der Waals surface area contributed by atoms with Crippen molar-refractivity contribution in [1.82, 2.24) is 9.97 Å². The van der Waals surface area contributed by atoms with Gasteiger partial charge in [0.05, 0.1) is 18.5 Å². The molecule has 6 nitrogen and oxygen atoms in total. The summed E-state index contributed by atoms with van der Waals surface area (Å²) < 4.78 is 5.59. The van der Waals surface area contributed by atoms with Crippen molar-refractivity contribution in [3.63, 3.8) is 0 Å². The van der Waals surface area contributed by atoms with Gasteiger partial charge in [0.15, 0.2) is 0 Å². The summed E-state index contributed by atoms with van der Waals surface area (Å²) in [5.74, 6) is 1.02. The molecule has 0 saturated heterocycles. The van der Waals surface area contributed by atoms with Crippen molar-refractivity contribution in [2.75, 3.05) is 10.6 Å². The van der Waals surface area contributed by atoms with Crippen molar-refractivity contribution in [3.05, 3.63) is 72.2 Å². The van der Waals surface area contributed by atoms with Crippen molar-refractivity contribution in [2.24, 2.45) is 0 Å². The van der Waals surface area contributed by atoms with Crippen molar-refractivity contribution in [2.45, 2.75) is 26.9 Å². The lowest BCUT2D eigenvalue weighted by Gasteiger charge is -2.10. The number of hydrogen-bond donors (Lipinski definition) is 2. The van der Waals surface area contributed by atoms with Gasteiger partial charge >= 0.3 is 0 Å². The van der Waals surface area contributed by atoms with Crippen LogP contribution in [0.5, 0.6) is 5.75 Å². The highest BCUT2D eigenvalue weighted by Crippen LogP contribution is 2.18. The first-order valence-electron chi connectivity index (χ1n) is 8.73. The van der Waals surface area contributed by atoms with E-state index in [1.165, 1.54) is 18.0 Å². The quantitative estimate of drug-likeness (QED) is 0.672. The Hall–Kier alpha value is -3.41. The third kappa shape index (κ3) is 5.28. The molecule has 2 N–H and O–H groups in total. The lowest BCUT2D eigenvalue weighted by Crippen LogP contribution is -2.14. The van der Waals surface area contributed by atoms with E-state index in [1.54, 1.807) is 12.1 Å². The number of rotatable bonds is 6. The highest BCUT2D eigenvalue weighted by Gasteiger charge is 2.09. The van der Waals surface area contributed by atoms with Gasteiger partial charge < -0.3 is 15.4 Å². The lowest BCUT2D eigenvalue weighted by atomic mass is 10.2. The fraction of sp³-hybridized carbons (Fsp3) is 0.190. The van der Waals surface area contributed by atoms with E-state index < -0.39 is 0 Å². The Bertz CT molecular complexity index is 889. The summed E-state index contributed by atoms with van der Waals surface area (Å²) in [6, 6.07) is 15.1. The number of anilines is 3. The van der Waals surface area contributed by atoms with Crippen molar-refractivity contribution < 1.29 is 9.53 Å². The van der Waals surface area contributed by atoms with Crippen molar-refractivity contribution in [3.8, 4) is 5.75 Å². The maximum atomic E-state index is 12.3. The van der Waals surface area contributed by atoms with Crippen molar-refractivity contribution in [1.29, 1.82) is 0 Å². The van der Waals surface area contributed by atoms with Crippen LogP contribution in [0.2, 0.25) is 0 Å². The SMILES string of the molecule is Cc1ccc(Nc2cnc(C(=O)Nc3ccc(OC(C)C)cc3)cn2)cc1. The van der Waals surface area contributed by atoms with Gasteiger partial charge in [-0.05, 0) is 57.2 Å². The minimum absolute atomic E-state index is 0.104. The molecule has 2 aromatic carbocycles. The third-order valence-electron chi connectivity index (χ3n) is 3.69. The number of nitrogens with one attached hydrogen (secondary N) is 2. The van der Waals surface area contributed by atoms with Crippen LogP contribution in [0.4, 0.5) is 17.2 Å². The molecule has 3 aromatic rings. The molecule has 3 rings (SSSR count). The molecule has 1 aromatic heterocycles. The summed E-state index contributed by atoms with van der Waals surface area (Å²) in [4.78, 5) is 20.8. The minimum atomic E-state index is -0.318. The molecule has 0 aliphatic carbocycles. The number of amides is 1. The summed E-state index contributed by atoms with van der Waals surface area (Å²) in [5, 5.41) is 5.95. The third-order valence-corrected chi connectivity index (χ3v) is 3.69. The van der Waals surface area contributed by atoms with E-state index in [9.17, 15) is 4.79 Å². The number of hydrogen-bond acceptors (Lipinski definition) is 5. The van der Waals surface area contributed by atoms with E-state index in [-0.39, 0.29) is 17.7 Å². The van der Waals surface area contributed by atoms with Crippen LogP contribution in [-0.2, 0) is 0 Å². The predicted octanol–water partition coefficient (Wildman–Crippen LogP) is 4.57. The predicted molar refractivity (Wildman–Crippen MR) is 107 cm³/mol. The molecule has 0 bridgehead atoms. The normalized spacial score (nSPS) is 10.5. The Labute approximate surface area is 158 Å². The number of benzene rings is 2. The van der Waals surface area contributed by atoms with E-state index in [4.69, 9.17) is 4.74 Å². The fourth-order valence-electron chi connectivity index (χ4n) is 2.38. The Kier molecular flexibility index (Phi) is 5.66. The van der Waals surface area contributed by atoms with Gasteiger partial charge in [-0.2, -0.15) is 0 Å². The van der Waals surface area contributed by atoms with E-state index in [1.807, 2.05) is 57.2 Å². The zero-order valence-corrected chi connectivity index (χ0v) is 15.6. The van der Waals surface area contributed by atoms with E-state index in [2.05, 4.69) is 20.6 Å². The smallest absolute Gasteiger partial charge is 0.275 e. The Morgan fingerprint density at radius 3 is 2.19 bits per heavy atom. The van der Waals surface area contributed by atoms with Crippen LogP contribution in [0.15, 0.2) is 60.9 Å². The van der Waals surface area contributed by atoms with Gasteiger partial charge in [-0.1, -0.05) is 17.7 Å². The molecule has 1 amide bonds. The second-order valence-electron chi connectivity index (χ2n) is 6.42. The molecule has 0 spiro atoms. The largest absolute Gasteiger partial charge is 0.491 e. The molecule has 0 aliphatic heterocycles. The maximum absolute atomic E-state index is 12.3. The molecule has 0 aliphatic rings. The Morgan fingerprint density at radius 2 is 1.59 bits per heavy atom. The van der Waals surface area contributed by atoms with Crippen molar-refractivity contribution >= 4 is 23.1 Å². The zero-order valence-electron chi connectivity index (χ0n) is 15.6. The molecule has 1 heterocycles. The monoisotopic (exact) mass is 362 g/mol. The van der Waals surface area contributed by atoms with Gasteiger partial charge in [-0.3, -0.25) is 4.79 Å². The molecule has 0 fully saturated rings. The first kappa shape index (κ1) is 18.4. The number of aromatic nitrogens is 2. The van der Waals surface area contributed by atoms with Gasteiger partial charge in [0.1, 0.15) is 17.3 Å². The van der Waals surface area contributed by atoms with E-state index in [0.717, 1.165) is 11.4 Å². The zero-order chi connectivity index (χ0) is 19.2. The lowest BCUT2D eigenvalue weighted by molar-refractivity contribution is 0.102. The van der Waals surface area contributed by atoms with Crippen LogP contribution in [0.1, 0.15) is 29.9 Å². The number of carbonyl (C=O) groups excluding carboxylic acids is 1. The van der Waals surface area contributed by atoms with Gasteiger partial charge in [0, 0.05) is 11.4 Å². The van der Waals surface area contributed by atoms with Crippen LogP contribution >= 0.6 is 0 Å². The molecule has 138 valence electrons. The summed E-state index contributed by atoms with van der Waals surface area (Å²) in [6.07, 6.45) is 3.09. The van der Waals surface area contributed by atoms with E-state index in [0.29, 0.717) is 11.5 Å². The van der Waals surface area contributed by atoms with Crippen LogP contribution in [0, 0.1) is 6.92 Å². The fourth-order valence-corrected chi connectivity index (χ4v) is 2.38. The Balaban J connectivity index is 1.60. The first-order chi connectivity index (χ1) is 13.0. The topological polar surface area (TPSA) is 76.1 Å². The van der Waals surface area contributed by atoms with E-state index >= 15 is 0 Å². The standard InChI is InChI=1S/C21H22N4O2/c1-14(2)27-18-10-8-17(9-11-18)25-21(26)19-12-23-20(13-22-19)24-16-6-4-15(3)5-7-16/h4-14H,1-3H3,(H,23,24)(H,25,26). The minimum Gasteiger partial charge on any atom is -0.491 e. The molecular weight excluding hydrogens is 340 g/mol. The maximum Gasteiger partial charge on any atom is 0.275 e. The molecule has 0 radical (unpaired) electrons. The number of carbonyl (C=O) groups is 1. The Morgan fingerprint density at radius 1 is 0.926 bits per heavy atom. The number of nitrogens with zero attached hydrogens (tertiary/aromatic N) is 2. The van der Waals surface area contributed by atoms with Gasteiger partial charge in [-0.25, -0.2) is 9.97 Å². The summed E-state index contributed by atoms with van der Waals surface area (Å²) in [5.41, 5.74) is 3.00. The summed E-state index contributed by atoms with van der Waals surface area (Å²) in [7, 11) is 0. The second-order valence-corrected chi connectivity index (χ2v) is 6.42. The van der Waals surface area contributed by atoms with Crippen LogP contribution in [0.25, 0.3) is 0 Å². The molecule has 6 heteroatoms. The van der Waals surface area contributed by atoms with Crippen LogP contribution < -0.4 is 15.4 Å². The summed E-state index contributed by atoms with van der Waals surface area (Å²) in [6.45, 7) is 5.96. The molecule has 0 unspecified atom stereocenters. The highest BCUT2D eigenvalue weighted by molar-refractivity contribution is 6.02. The highest BCUT2D eigenvalue weighted by atomic mass is 16.5. The average Bonchev–Trinajstić information content (AvgIpc) is 2.65. The average molecular weight is 362 g/mol. The molecule has 0 saturated carbocycles.